The Morgan fingerprint density at radius 2 is 1.70 bits per heavy atom. The van der Waals surface area contributed by atoms with Gasteiger partial charge in [-0.1, -0.05) is 0 Å². The molecule has 23 heavy (non-hydrogen) atoms. The number of piperidine rings is 1. The zero-order chi connectivity index (χ0) is 16.1. The Kier molecular flexibility index (Phi) is 6.03. The van der Waals surface area contributed by atoms with Crippen molar-refractivity contribution in [2.75, 3.05) is 18.4 Å². The zero-order valence-corrected chi connectivity index (χ0v) is 16.2. The number of nitrogens with one attached hydrogen (secondary N) is 1. The fourth-order valence-electron chi connectivity index (χ4n) is 2.71. The molecule has 3 nitrogen and oxygen atoms in total. The van der Waals surface area contributed by atoms with Gasteiger partial charge in [0.15, 0.2) is 0 Å². The predicted molar refractivity (Wildman–Crippen MR) is 95.2 cm³/mol. The molecule has 1 fully saturated rings. The quantitative estimate of drug-likeness (QED) is 0.256. The predicted octanol–water partition coefficient (Wildman–Crippen LogP) is 1.23. The van der Waals surface area contributed by atoms with Crippen LogP contribution in [0.15, 0.2) is 54.6 Å². The molecule has 0 bridgehead atoms. The molecule has 0 saturated carbocycles. The van der Waals surface area contributed by atoms with Crippen molar-refractivity contribution < 1.29 is 26.0 Å². The number of hydrogen-bond donors (Lipinski definition) is 1. The third kappa shape index (κ3) is 4.75. The Morgan fingerprint density at radius 3 is 2.43 bits per heavy atom. The molecule has 1 aliphatic heterocycles. The Bertz CT molecular complexity index is 657. The van der Waals surface area contributed by atoms with E-state index in [-0.39, 0.29) is 3.91 Å². The summed E-state index contributed by atoms with van der Waals surface area (Å²) in [6.07, 6.45) is 2.29. The Morgan fingerprint density at radius 1 is 1.04 bits per heavy atom. The summed E-state index contributed by atoms with van der Waals surface area (Å²) in [6.45, 7) is 2.17. The van der Waals surface area contributed by atoms with Gasteiger partial charge in [-0.05, 0) is 0 Å². The van der Waals surface area contributed by atoms with Gasteiger partial charge in [-0.3, -0.25) is 0 Å². The molecule has 1 aliphatic rings. The van der Waals surface area contributed by atoms with E-state index >= 15 is 0 Å². The van der Waals surface area contributed by atoms with Crippen LogP contribution in [0.4, 0.5) is 10.5 Å². The molecule has 2 aromatic rings. The van der Waals surface area contributed by atoms with Gasteiger partial charge in [0.25, 0.3) is 0 Å². The van der Waals surface area contributed by atoms with Crippen LogP contribution in [-0.2, 0) is 0 Å². The molecular formula is C18H21IN2OP-. The third-order valence-electron chi connectivity index (χ3n) is 3.96. The molecule has 1 atom stereocenters. The first-order chi connectivity index (χ1) is 11.2. The van der Waals surface area contributed by atoms with Gasteiger partial charge >= 0.3 is 151 Å². The fourth-order valence-corrected chi connectivity index (χ4v) is 5.44. The fraction of sp³-hybridized carbons (Fsp3) is 0.278. The van der Waals surface area contributed by atoms with E-state index in [1.54, 1.807) is 0 Å². The summed E-state index contributed by atoms with van der Waals surface area (Å²) in [7, 11) is 2.76. The average molecular weight is 439 g/mol. The van der Waals surface area contributed by atoms with Crippen molar-refractivity contribution in [2.45, 2.75) is 16.8 Å². The summed E-state index contributed by atoms with van der Waals surface area (Å²) in [5.74, 6) is 0. The number of carbonyl (C=O) groups is 1. The molecule has 122 valence electrons. The number of carbonyl (C=O) groups excluding carboxylic acids is 1. The van der Waals surface area contributed by atoms with Gasteiger partial charge in [-0.2, -0.15) is 0 Å². The van der Waals surface area contributed by atoms with Crippen molar-refractivity contribution >= 4 is 19.0 Å². The zero-order valence-electron chi connectivity index (χ0n) is 12.9. The molecule has 3 rings (SSSR count). The van der Waals surface area contributed by atoms with Gasteiger partial charge in [0.1, 0.15) is 0 Å². The first-order valence-electron chi connectivity index (χ1n) is 7.81. The monoisotopic (exact) mass is 439 g/mol. The van der Waals surface area contributed by atoms with E-state index in [0.717, 1.165) is 42.7 Å². The topological polar surface area (TPSA) is 32.3 Å². The van der Waals surface area contributed by atoms with Crippen LogP contribution in [0, 0.1) is 0 Å². The van der Waals surface area contributed by atoms with Gasteiger partial charge in [0, 0.05) is 0 Å². The molecular weight excluding hydrogens is 418 g/mol. The average Bonchev–Trinajstić information content (AvgIpc) is 2.58. The van der Waals surface area contributed by atoms with Crippen LogP contribution in [0.25, 0.3) is 11.1 Å². The van der Waals surface area contributed by atoms with E-state index < -0.39 is 21.2 Å². The van der Waals surface area contributed by atoms with E-state index in [1.165, 1.54) is 0 Å². The van der Waals surface area contributed by atoms with Crippen molar-refractivity contribution in [3.05, 3.63) is 54.6 Å². The van der Waals surface area contributed by atoms with Gasteiger partial charge in [-0.25, -0.2) is 0 Å². The summed E-state index contributed by atoms with van der Waals surface area (Å²) in [4.78, 5) is 12.5. The summed E-state index contributed by atoms with van der Waals surface area (Å²) >= 11 is -0.473. The standard InChI is InChI=1S/C18H21IN2OP/c22-18(19-15-10-12-21(23)13-11-15)20-17-9-5-4-8-16(17)14-6-2-1-3-7-14/h1-9,15H,10-13,23H2,(H,20,22)/q-1. The first-order valence-corrected chi connectivity index (χ1v) is 10.6. The number of halogens is 1. The van der Waals surface area contributed by atoms with Crippen molar-refractivity contribution in [3.63, 3.8) is 0 Å². The van der Waals surface area contributed by atoms with E-state index in [9.17, 15) is 4.79 Å². The van der Waals surface area contributed by atoms with Crippen molar-refractivity contribution in [3.8, 4) is 11.1 Å². The number of amides is 1. The van der Waals surface area contributed by atoms with E-state index in [1.807, 2.05) is 36.4 Å². The minimum atomic E-state index is -0.473. The van der Waals surface area contributed by atoms with Crippen LogP contribution in [0.1, 0.15) is 12.8 Å². The SMILES string of the molecule is O=C(Nc1ccccc1-c1ccccc1)[I-]C1CCN(P)CC1. The van der Waals surface area contributed by atoms with Crippen LogP contribution in [0.2, 0.25) is 0 Å². The van der Waals surface area contributed by atoms with E-state index in [4.69, 9.17) is 0 Å². The maximum atomic E-state index is 12.5. The normalized spacial score (nSPS) is 16.4. The van der Waals surface area contributed by atoms with Gasteiger partial charge < -0.3 is 0 Å². The van der Waals surface area contributed by atoms with Crippen molar-refractivity contribution in [1.29, 1.82) is 0 Å². The third-order valence-corrected chi connectivity index (χ3v) is 7.44. The number of nitrogens with zero attached hydrogens (tertiary/aromatic N) is 1. The number of benzene rings is 2. The Balaban J connectivity index is 1.67. The van der Waals surface area contributed by atoms with Crippen molar-refractivity contribution in [1.82, 2.24) is 4.67 Å². The molecule has 0 spiro atoms. The molecule has 2 aromatic carbocycles. The van der Waals surface area contributed by atoms with Gasteiger partial charge in [0.05, 0.1) is 0 Å². The van der Waals surface area contributed by atoms with Crippen molar-refractivity contribution in [2.24, 2.45) is 0 Å². The maximum absolute atomic E-state index is 12.5. The van der Waals surface area contributed by atoms with Crippen LogP contribution < -0.4 is 26.5 Å². The van der Waals surface area contributed by atoms with Gasteiger partial charge in [0.2, 0.25) is 0 Å². The molecule has 1 N–H and O–H groups in total. The Hall–Kier alpha value is -0.970. The number of rotatable bonds is 4. The van der Waals surface area contributed by atoms with E-state index in [2.05, 4.69) is 37.6 Å². The number of alkyl halides is 1. The second kappa shape index (κ2) is 8.22. The molecule has 5 heteroatoms. The minimum absolute atomic E-state index is 0.231. The summed E-state index contributed by atoms with van der Waals surface area (Å²) in [6, 6.07) is 18.3. The molecule has 1 unspecified atom stereocenters. The Labute approximate surface area is 150 Å². The van der Waals surface area contributed by atoms with Crippen LogP contribution in [0.3, 0.4) is 0 Å². The molecule has 1 heterocycles. The van der Waals surface area contributed by atoms with Crippen LogP contribution in [0.5, 0.6) is 0 Å². The summed E-state index contributed by atoms with van der Waals surface area (Å²) in [5.41, 5.74) is 3.15. The summed E-state index contributed by atoms with van der Waals surface area (Å²) < 4.78 is 3.10. The number of anilines is 1. The van der Waals surface area contributed by atoms with Crippen LogP contribution >= 0.6 is 9.39 Å². The number of para-hydroxylation sites is 1. The molecule has 0 aliphatic carbocycles. The molecule has 0 aromatic heterocycles. The molecule has 0 radical (unpaired) electrons. The second-order valence-corrected chi connectivity index (χ2v) is 9.72. The van der Waals surface area contributed by atoms with Gasteiger partial charge in [-0.15, -0.1) is 0 Å². The van der Waals surface area contributed by atoms with E-state index in [0.29, 0.717) is 3.92 Å². The first kappa shape index (κ1) is 16.9. The van der Waals surface area contributed by atoms with Crippen LogP contribution in [-0.4, -0.2) is 25.6 Å². The summed E-state index contributed by atoms with van der Waals surface area (Å²) in [5, 5.41) is 3.16. The molecule has 1 saturated heterocycles. The molecule has 1 amide bonds. The number of hydrogen-bond acceptors (Lipinski definition) is 2. The second-order valence-electron chi connectivity index (χ2n) is 5.63.